The van der Waals surface area contributed by atoms with Gasteiger partial charge in [0, 0.05) is 10.8 Å². The number of carbonyl (C=O) groups excluding carboxylic acids is 2. The van der Waals surface area contributed by atoms with E-state index in [1.54, 1.807) is 0 Å². The summed E-state index contributed by atoms with van der Waals surface area (Å²) in [5.74, 6) is 0.307. The Morgan fingerprint density at radius 2 is 2.14 bits per heavy atom. The molecule has 0 atom stereocenters. The van der Waals surface area contributed by atoms with E-state index in [-0.39, 0.29) is 23.9 Å². The molecule has 0 saturated heterocycles. The van der Waals surface area contributed by atoms with Crippen LogP contribution >= 0.6 is 11.3 Å². The number of Topliss-reactive ketones (excluding diaryl/α,β-unsaturated/α-hetero) is 2. The molecule has 1 heterocycles. The molecule has 0 unspecified atom stereocenters. The van der Waals surface area contributed by atoms with E-state index in [1.165, 1.54) is 11.3 Å². The third-order valence-electron chi connectivity index (χ3n) is 2.38. The summed E-state index contributed by atoms with van der Waals surface area (Å²) in [5, 5.41) is 0. The average molecular weight is 208 g/mol. The van der Waals surface area contributed by atoms with E-state index in [9.17, 15) is 9.59 Å². The average Bonchev–Trinajstić information content (AvgIpc) is 2.89. The quantitative estimate of drug-likeness (QED) is 0.563. The lowest BCUT2D eigenvalue weighted by molar-refractivity contribution is -0.119. The van der Waals surface area contributed by atoms with Gasteiger partial charge in [0.25, 0.3) is 0 Å². The lowest BCUT2D eigenvalue weighted by Gasteiger charge is -1.95. The SMILES string of the molecule is Cc1ccc(C(=O)CC(=O)C2CC2)s1. The van der Waals surface area contributed by atoms with Gasteiger partial charge < -0.3 is 0 Å². The number of carbonyl (C=O) groups is 2. The molecule has 1 saturated carbocycles. The van der Waals surface area contributed by atoms with Crippen molar-refractivity contribution in [2.75, 3.05) is 0 Å². The Morgan fingerprint density at radius 1 is 1.43 bits per heavy atom. The molecule has 1 aromatic rings. The Balaban J connectivity index is 1.98. The fourth-order valence-electron chi connectivity index (χ4n) is 1.38. The van der Waals surface area contributed by atoms with Gasteiger partial charge in [0.15, 0.2) is 5.78 Å². The minimum atomic E-state index is -0.0139. The molecule has 3 heteroatoms. The molecule has 0 aliphatic heterocycles. The van der Waals surface area contributed by atoms with Gasteiger partial charge >= 0.3 is 0 Å². The van der Waals surface area contributed by atoms with E-state index in [1.807, 2.05) is 19.1 Å². The molecule has 1 aromatic heterocycles. The molecule has 1 aliphatic carbocycles. The highest BCUT2D eigenvalue weighted by atomic mass is 32.1. The predicted molar refractivity (Wildman–Crippen MR) is 55.7 cm³/mol. The predicted octanol–water partition coefficient (Wildman–Crippen LogP) is 2.61. The van der Waals surface area contributed by atoms with Crippen LogP contribution in [-0.4, -0.2) is 11.6 Å². The van der Waals surface area contributed by atoms with Gasteiger partial charge in [-0.05, 0) is 31.9 Å². The van der Waals surface area contributed by atoms with Crippen molar-refractivity contribution in [1.82, 2.24) is 0 Å². The zero-order chi connectivity index (χ0) is 10.1. The second kappa shape index (κ2) is 3.65. The third kappa shape index (κ3) is 2.10. The van der Waals surface area contributed by atoms with Crippen LogP contribution in [-0.2, 0) is 4.79 Å². The first-order valence-electron chi connectivity index (χ1n) is 4.79. The van der Waals surface area contributed by atoms with Gasteiger partial charge in [0.2, 0.25) is 0 Å². The summed E-state index contributed by atoms with van der Waals surface area (Å²) in [4.78, 5) is 24.8. The van der Waals surface area contributed by atoms with Crippen molar-refractivity contribution in [3.8, 4) is 0 Å². The van der Waals surface area contributed by atoms with Gasteiger partial charge in [-0.15, -0.1) is 11.3 Å². The van der Waals surface area contributed by atoms with Gasteiger partial charge in [-0.1, -0.05) is 0 Å². The molecule has 1 fully saturated rings. The Morgan fingerprint density at radius 3 is 2.64 bits per heavy atom. The van der Waals surface area contributed by atoms with Crippen LogP contribution in [0.1, 0.15) is 33.8 Å². The van der Waals surface area contributed by atoms with Crippen LogP contribution in [0, 0.1) is 12.8 Å². The molecule has 0 radical (unpaired) electrons. The van der Waals surface area contributed by atoms with Crippen molar-refractivity contribution >= 4 is 22.9 Å². The zero-order valence-electron chi connectivity index (χ0n) is 8.08. The minimum absolute atomic E-state index is 0.0139. The van der Waals surface area contributed by atoms with Gasteiger partial charge in [0.1, 0.15) is 5.78 Å². The number of hydrogen-bond donors (Lipinski definition) is 0. The van der Waals surface area contributed by atoms with Crippen LogP contribution in [0.3, 0.4) is 0 Å². The van der Waals surface area contributed by atoms with Gasteiger partial charge in [-0.2, -0.15) is 0 Å². The summed E-state index contributed by atoms with van der Waals surface area (Å²) in [6, 6.07) is 3.72. The maximum Gasteiger partial charge on any atom is 0.180 e. The molecular formula is C11H12O2S. The number of hydrogen-bond acceptors (Lipinski definition) is 3. The van der Waals surface area contributed by atoms with Crippen molar-refractivity contribution in [2.24, 2.45) is 5.92 Å². The van der Waals surface area contributed by atoms with E-state index >= 15 is 0 Å². The molecule has 14 heavy (non-hydrogen) atoms. The highest BCUT2D eigenvalue weighted by Gasteiger charge is 2.30. The molecule has 0 amide bonds. The van der Waals surface area contributed by atoms with Gasteiger partial charge in [-0.3, -0.25) is 9.59 Å². The fraction of sp³-hybridized carbons (Fsp3) is 0.455. The van der Waals surface area contributed by atoms with Crippen LogP contribution in [0.4, 0.5) is 0 Å². The molecule has 2 rings (SSSR count). The minimum Gasteiger partial charge on any atom is -0.299 e. The number of rotatable bonds is 4. The number of aryl methyl sites for hydroxylation is 1. The zero-order valence-corrected chi connectivity index (χ0v) is 8.89. The monoisotopic (exact) mass is 208 g/mol. The largest absolute Gasteiger partial charge is 0.299 e. The van der Waals surface area contributed by atoms with Crippen molar-refractivity contribution in [3.05, 3.63) is 21.9 Å². The van der Waals surface area contributed by atoms with E-state index in [4.69, 9.17) is 0 Å². The summed E-state index contributed by atoms with van der Waals surface area (Å²) in [5.41, 5.74) is 0. The molecule has 0 bridgehead atoms. The Labute approximate surface area is 86.9 Å². The summed E-state index contributed by atoms with van der Waals surface area (Å²) < 4.78 is 0. The third-order valence-corrected chi connectivity index (χ3v) is 3.42. The summed E-state index contributed by atoms with van der Waals surface area (Å²) >= 11 is 1.47. The first-order chi connectivity index (χ1) is 6.66. The molecule has 0 spiro atoms. The maximum absolute atomic E-state index is 11.6. The van der Waals surface area contributed by atoms with Crippen LogP contribution in [0.25, 0.3) is 0 Å². The highest BCUT2D eigenvalue weighted by molar-refractivity contribution is 7.14. The van der Waals surface area contributed by atoms with Crippen LogP contribution < -0.4 is 0 Å². The van der Waals surface area contributed by atoms with Crippen molar-refractivity contribution < 1.29 is 9.59 Å². The van der Waals surface area contributed by atoms with E-state index in [0.29, 0.717) is 0 Å². The second-order valence-corrected chi connectivity index (χ2v) is 5.04. The van der Waals surface area contributed by atoms with E-state index < -0.39 is 0 Å². The first-order valence-corrected chi connectivity index (χ1v) is 5.61. The Bertz CT molecular complexity index is 374. The van der Waals surface area contributed by atoms with Crippen molar-refractivity contribution in [1.29, 1.82) is 0 Å². The van der Waals surface area contributed by atoms with Gasteiger partial charge in [0.05, 0.1) is 11.3 Å². The molecule has 1 aliphatic rings. The van der Waals surface area contributed by atoms with Crippen LogP contribution in [0.5, 0.6) is 0 Å². The topological polar surface area (TPSA) is 34.1 Å². The lowest BCUT2D eigenvalue weighted by Crippen LogP contribution is -2.08. The van der Waals surface area contributed by atoms with E-state index in [0.717, 1.165) is 22.6 Å². The molecular weight excluding hydrogens is 196 g/mol. The summed E-state index contributed by atoms with van der Waals surface area (Å²) in [7, 11) is 0. The normalized spacial score (nSPS) is 15.5. The number of ketones is 2. The van der Waals surface area contributed by atoms with E-state index in [2.05, 4.69) is 0 Å². The van der Waals surface area contributed by atoms with Crippen molar-refractivity contribution in [2.45, 2.75) is 26.2 Å². The summed E-state index contributed by atoms with van der Waals surface area (Å²) in [6.07, 6.45) is 2.07. The Kier molecular flexibility index (Phi) is 2.50. The maximum atomic E-state index is 11.6. The molecule has 2 nitrogen and oxygen atoms in total. The fourth-order valence-corrected chi connectivity index (χ4v) is 2.18. The standard InChI is InChI=1S/C11H12O2S/c1-7-2-5-11(14-7)10(13)6-9(12)8-3-4-8/h2,5,8H,3-4,6H2,1H3. The second-order valence-electron chi connectivity index (χ2n) is 3.75. The Hall–Kier alpha value is -0.960. The number of thiophene rings is 1. The summed E-state index contributed by atoms with van der Waals surface area (Å²) in [6.45, 7) is 1.96. The highest BCUT2D eigenvalue weighted by Crippen LogP contribution is 2.31. The lowest BCUT2D eigenvalue weighted by atomic mass is 10.1. The van der Waals surface area contributed by atoms with Crippen LogP contribution in [0.2, 0.25) is 0 Å². The smallest absolute Gasteiger partial charge is 0.180 e. The molecule has 0 aromatic carbocycles. The van der Waals surface area contributed by atoms with Crippen LogP contribution in [0.15, 0.2) is 12.1 Å². The molecule has 0 N–H and O–H groups in total. The van der Waals surface area contributed by atoms with Gasteiger partial charge in [-0.25, -0.2) is 0 Å². The molecule has 74 valence electrons. The van der Waals surface area contributed by atoms with Crippen molar-refractivity contribution in [3.63, 3.8) is 0 Å². The first kappa shape index (κ1) is 9.59.